The topological polar surface area (TPSA) is 188 Å². The number of aliphatic hydroxyl groups is 5. The fraction of sp³-hybridized carbons (Fsp3) is 0.500. The smallest absolute Gasteiger partial charge is 0.317 e. The van der Waals surface area contributed by atoms with E-state index in [4.69, 9.17) is 21.4 Å². The van der Waals surface area contributed by atoms with E-state index in [0.717, 1.165) is 58.6 Å². The van der Waals surface area contributed by atoms with E-state index in [1.807, 2.05) is 42.7 Å². The molecule has 53 heavy (non-hydrogen) atoms. The molecule has 13 nitrogen and oxygen atoms in total. The van der Waals surface area contributed by atoms with Gasteiger partial charge in [0.25, 0.3) is 5.91 Å². The number of hydrogen-bond donors (Lipinski definition) is 7. The molecule has 4 atom stereocenters. The van der Waals surface area contributed by atoms with E-state index >= 15 is 0 Å². The van der Waals surface area contributed by atoms with Crippen molar-refractivity contribution in [1.82, 2.24) is 25.4 Å². The SMILES string of the molecule is O=C1NCCN1CCN(CCCSc1ccc(Cl)c(CNC2(c3cnccc3-c3ccccc3OC3CC3)CC2)c1)C(=O)[C@@H](O)[C@@H](O)[C@H](O)[C@@H](O)CO. The first-order valence-electron chi connectivity index (χ1n) is 18.1. The second-order valence-electron chi connectivity index (χ2n) is 13.8. The second-order valence-corrected chi connectivity index (χ2v) is 15.4. The normalized spacial score (nSPS) is 18.6. The molecule has 3 amide bonds. The molecular weight excluding hydrogens is 722 g/mol. The number of nitrogens with zero attached hydrogens (tertiary/aromatic N) is 3. The van der Waals surface area contributed by atoms with Gasteiger partial charge in [0.05, 0.1) is 12.7 Å². The summed E-state index contributed by atoms with van der Waals surface area (Å²) in [6.45, 7) is 1.17. The Morgan fingerprint density at radius 1 is 1.09 bits per heavy atom. The van der Waals surface area contributed by atoms with Gasteiger partial charge in [-0.3, -0.25) is 9.78 Å². The van der Waals surface area contributed by atoms with Crippen molar-refractivity contribution in [2.75, 3.05) is 45.1 Å². The number of thioether (sulfide) groups is 1. The Morgan fingerprint density at radius 3 is 2.60 bits per heavy atom. The number of ether oxygens (including phenoxy) is 1. The van der Waals surface area contributed by atoms with Gasteiger partial charge in [0.2, 0.25) is 0 Å². The van der Waals surface area contributed by atoms with Gasteiger partial charge >= 0.3 is 6.03 Å². The fourth-order valence-electron chi connectivity index (χ4n) is 6.47. The molecule has 2 aliphatic carbocycles. The Bertz CT molecular complexity index is 1730. The zero-order chi connectivity index (χ0) is 37.5. The highest BCUT2D eigenvalue weighted by atomic mass is 35.5. The molecule has 1 aliphatic heterocycles. The molecule has 0 radical (unpaired) electrons. The highest BCUT2D eigenvalue weighted by Gasteiger charge is 2.46. The molecule has 7 N–H and O–H groups in total. The van der Waals surface area contributed by atoms with Crippen molar-refractivity contribution in [3.8, 4) is 16.9 Å². The number of benzene rings is 2. The Kier molecular flexibility index (Phi) is 13.2. The summed E-state index contributed by atoms with van der Waals surface area (Å²) in [5, 5.41) is 57.0. The first kappa shape index (κ1) is 39.2. The minimum atomic E-state index is -2.04. The molecule has 2 saturated carbocycles. The van der Waals surface area contributed by atoms with Gasteiger partial charge < -0.3 is 50.7 Å². The van der Waals surface area contributed by atoms with E-state index in [1.165, 1.54) is 4.90 Å². The second kappa shape index (κ2) is 17.8. The van der Waals surface area contributed by atoms with Crippen molar-refractivity contribution in [1.29, 1.82) is 0 Å². The molecule has 1 saturated heterocycles. The number of urea groups is 1. The lowest BCUT2D eigenvalue weighted by molar-refractivity contribution is -0.158. The number of rotatable bonds is 20. The van der Waals surface area contributed by atoms with Crippen LogP contribution in [0.2, 0.25) is 5.02 Å². The molecule has 0 spiro atoms. The Morgan fingerprint density at radius 2 is 1.89 bits per heavy atom. The number of carbonyl (C=O) groups is 2. The molecular formula is C38H48ClN5O8S. The van der Waals surface area contributed by atoms with Gasteiger partial charge in [-0.2, -0.15) is 0 Å². The number of nitrogens with one attached hydrogen (secondary N) is 2. The standard InChI is InChI=1S/C38H48ClN5O8S/c39-30-9-8-26(53-19-3-15-43(17-18-44-16-14-41-37(44)51)36(50)35(49)34(48)33(47)31(46)23-45)20-24(30)21-42-38(11-12-38)29-22-40-13-10-27(29)28-4-1-2-5-32(28)52-25-6-7-25/h1-2,4-5,8-10,13,20,22,25,31,33-35,42,45-49H,3,6-7,11-12,14-19,21,23H2,(H,41,51)/t31-,33+,34-,35-/m0/s1. The van der Waals surface area contributed by atoms with Gasteiger partial charge in [0.15, 0.2) is 6.10 Å². The van der Waals surface area contributed by atoms with Crippen molar-refractivity contribution >= 4 is 35.3 Å². The number of aromatic nitrogens is 1. The Labute approximate surface area is 318 Å². The van der Waals surface area contributed by atoms with Crippen LogP contribution >= 0.6 is 23.4 Å². The van der Waals surface area contributed by atoms with Crippen molar-refractivity contribution in [2.24, 2.45) is 0 Å². The first-order chi connectivity index (χ1) is 25.6. The maximum Gasteiger partial charge on any atom is 0.317 e. The maximum absolute atomic E-state index is 13.3. The number of para-hydroxylation sites is 1. The lowest BCUT2D eigenvalue weighted by Gasteiger charge is -2.31. The average Bonchev–Trinajstić information content (AvgIpc) is 4.12. The summed E-state index contributed by atoms with van der Waals surface area (Å²) < 4.78 is 6.26. The third-order valence-electron chi connectivity index (χ3n) is 9.96. The molecule has 3 fully saturated rings. The van der Waals surface area contributed by atoms with E-state index in [-0.39, 0.29) is 37.3 Å². The number of aliphatic hydroxyl groups excluding tert-OH is 5. The van der Waals surface area contributed by atoms with E-state index < -0.39 is 36.9 Å². The average molecular weight is 770 g/mol. The number of halogens is 1. The lowest BCUT2D eigenvalue weighted by Crippen LogP contribution is -2.53. The molecule has 0 bridgehead atoms. The zero-order valence-corrected chi connectivity index (χ0v) is 31.0. The Balaban J connectivity index is 1.07. The van der Waals surface area contributed by atoms with Crippen LogP contribution in [0.3, 0.4) is 0 Å². The van der Waals surface area contributed by atoms with Crippen molar-refractivity contribution < 1.29 is 39.9 Å². The molecule has 6 rings (SSSR count). The van der Waals surface area contributed by atoms with Gasteiger partial charge in [-0.25, -0.2) is 4.79 Å². The van der Waals surface area contributed by atoms with Crippen LogP contribution in [-0.2, 0) is 16.9 Å². The molecule has 3 aliphatic rings. The number of pyridine rings is 1. The first-order valence-corrected chi connectivity index (χ1v) is 19.5. The summed E-state index contributed by atoms with van der Waals surface area (Å²) in [5.74, 6) is 0.650. The van der Waals surface area contributed by atoms with Crippen molar-refractivity contribution in [2.45, 2.75) is 79.6 Å². The minimum absolute atomic E-state index is 0.0929. The summed E-state index contributed by atoms with van der Waals surface area (Å²) in [5.41, 5.74) is 4.02. The van der Waals surface area contributed by atoms with Crippen LogP contribution in [0.5, 0.6) is 5.75 Å². The van der Waals surface area contributed by atoms with Gasteiger partial charge in [0, 0.05) is 72.7 Å². The molecule has 1 aromatic heterocycles. The van der Waals surface area contributed by atoms with Crippen LogP contribution in [0, 0.1) is 0 Å². The summed E-state index contributed by atoms with van der Waals surface area (Å²) in [6, 6.07) is 15.9. The van der Waals surface area contributed by atoms with Gasteiger partial charge in [-0.05, 0) is 84.9 Å². The Hall–Kier alpha value is -3.47. The number of carbonyl (C=O) groups excluding carboxylic acids is 2. The lowest BCUT2D eigenvalue weighted by atomic mass is 9.94. The number of amides is 3. The monoisotopic (exact) mass is 769 g/mol. The molecule has 286 valence electrons. The van der Waals surface area contributed by atoms with E-state index in [0.29, 0.717) is 36.8 Å². The predicted octanol–water partition coefficient (Wildman–Crippen LogP) is 2.49. The van der Waals surface area contributed by atoms with Gasteiger partial charge in [-0.15, -0.1) is 11.8 Å². The summed E-state index contributed by atoms with van der Waals surface area (Å²) in [6.07, 6.45) is 0.944. The van der Waals surface area contributed by atoms with Crippen LogP contribution in [0.15, 0.2) is 65.8 Å². The highest BCUT2D eigenvalue weighted by molar-refractivity contribution is 7.99. The van der Waals surface area contributed by atoms with Gasteiger partial charge in [-0.1, -0.05) is 29.8 Å². The summed E-state index contributed by atoms with van der Waals surface area (Å²) in [7, 11) is 0. The van der Waals surface area contributed by atoms with Crippen molar-refractivity contribution in [3.63, 3.8) is 0 Å². The quantitative estimate of drug-likeness (QED) is 0.0661. The summed E-state index contributed by atoms with van der Waals surface area (Å²) >= 11 is 8.28. The predicted molar refractivity (Wildman–Crippen MR) is 201 cm³/mol. The van der Waals surface area contributed by atoms with E-state index in [1.54, 1.807) is 16.7 Å². The van der Waals surface area contributed by atoms with Crippen LogP contribution in [-0.4, -0.2) is 128 Å². The molecule has 3 aromatic rings. The summed E-state index contributed by atoms with van der Waals surface area (Å²) in [4.78, 5) is 33.7. The molecule has 2 heterocycles. The minimum Gasteiger partial charge on any atom is -0.490 e. The molecule has 2 aromatic carbocycles. The molecule has 15 heteroatoms. The van der Waals surface area contributed by atoms with Crippen LogP contribution < -0.4 is 15.4 Å². The van der Waals surface area contributed by atoms with Crippen LogP contribution in [0.4, 0.5) is 4.79 Å². The number of hydrogen-bond acceptors (Lipinski definition) is 11. The molecule has 0 unspecified atom stereocenters. The van der Waals surface area contributed by atoms with E-state index in [2.05, 4.69) is 33.8 Å². The van der Waals surface area contributed by atoms with Crippen molar-refractivity contribution in [3.05, 3.63) is 77.1 Å². The fourth-order valence-corrected chi connectivity index (χ4v) is 7.56. The zero-order valence-electron chi connectivity index (χ0n) is 29.4. The third kappa shape index (κ3) is 9.80. The highest BCUT2D eigenvalue weighted by Crippen LogP contribution is 2.50. The third-order valence-corrected chi connectivity index (χ3v) is 11.4. The maximum atomic E-state index is 13.3. The van der Waals surface area contributed by atoms with E-state index in [9.17, 15) is 30.0 Å². The van der Waals surface area contributed by atoms with Crippen LogP contribution in [0.1, 0.15) is 43.2 Å². The largest absolute Gasteiger partial charge is 0.490 e. The van der Waals surface area contributed by atoms with Crippen LogP contribution in [0.25, 0.3) is 11.1 Å². The van der Waals surface area contributed by atoms with Gasteiger partial charge in [0.1, 0.15) is 24.1 Å².